The van der Waals surface area contributed by atoms with Gasteiger partial charge in [0.05, 0.1) is 6.54 Å². The fourth-order valence-corrected chi connectivity index (χ4v) is 4.87. The number of aromatic carboxylic acids is 1. The van der Waals surface area contributed by atoms with Gasteiger partial charge in [-0.1, -0.05) is 72.3 Å². The highest BCUT2D eigenvalue weighted by Crippen LogP contribution is 2.41. The van der Waals surface area contributed by atoms with Gasteiger partial charge in [-0.2, -0.15) is 0 Å². The number of para-hydroxylation sites is 1. The number of aromatic nitrogens is 1. The summed E-state index contributed by atoms with van der Waals surface area (Å²) < 4.78 is 12.7. The minimum absolute atomic E-state index is 0.146. The second-order valence-corrected chi connectivity index (χ2v) is 8.36. The van der Waals surface area contributed by atoms with E-state index in [0.717, 1.165) is 32.8 Å². The fourth-order valence-electron chi connectivity index (χ4n) is 4.66. The van der Waals surface area contributed by atoms with Crippen LogP contribution in [-0.2, 0) is 6.54 Å². The molecule has 0 unspecified atom stereocenters. The van der Waals surface area contributed by atoms with Crippen LogP contribution in [0.1, 0.15) is 16.1 Å². The smallest absolute Gasteiger partial charge is 0.353 e. The van der Waals surface area contributed by atoms with Crippen molar-refractivity contribution < 1.29 is 19.4 Å². The first-order valence-electron chi connectivity index (χ1n) is 10.5. The fraction of sp³-hybridized carbons (Fsp3) is 0.0741. The van der Waals surface area contributed by atoms with Crippen LogP contribution in [0.15, 0.2) is 78.9 Å². The first-order valence-corrected chi connectivity index (χ1v) is 10.9. The maximum Gasteiger partial charge on any atom is 0.353 e. The minimum atomic E-state index is -0.994. The summed E-state index contributed by atoms with van der Waals surface area (Å²) in [5.74, 6) is 0.207. The van der Waals surface area contributed by atoms with Gasteiger partial charge in [0.2, 0.25) is 6.79 Å². The average molecular weight is 456 g/mol. The number of rotatable bonds is 4. The Bertz CT molecular complexity index is 1560. The van der Waals surface area contributed by atoms with Gasteiger partial charge < -0.3 is 19.1 Å². The van der Waals surface area contributed by atoms with Crippen LogP contribution in [0.4, 0.5) is 0 Å². The van der Waals surface area contributed by atoms with Gasteiger partial charge in [-0.15, -0.1) is 0 Å². The first-order chi connectivity index (χ1) is 16.1. The number of benzene rings is 4. The van der Waals surface area contributed by atoms with Gasteiger partial charge in [-0.25, -0.2) is 4.79 Å². The maximum atomic E-state index is 12.7. The van der Waals surface area contributed by atoms with Crippen molar-refractivity contribution in [3.05, 3.63) is 95.1 Å². The summed E-state index contributed by atoms with van der Waals surface area (Å²) in [4.78, 5) is 12.7. The largest absolute Gasteiger partial charge is 0.477 e. The number of carbonyl (C=O) groups is 1. The zero-order valence-electron chi connectivity index (χ0n) is 17.4. The summed E-state index contributed by atoms with van der Waals surface area (Å²) in [6.07, 6.45) is 0. The lowest BCUT2D eigenvalue weighted by Gasteiger charge is -2.12. The Morgan fingerprint density at radius 1 is 0.909 bits per heavy atom. The highest BCUT2D eigenvalue weighted by atomic mass is 35.5. The van der Waals surface area contributed by atoms with Gasteiger partial charge in [-0.3, -0.25) is 0 Å². The molecule has 0 radical (unpaired) electrons. The molecule has 0 saturated carbocycles. The number of hydrogen-bond donors (Lipinski definition) is 1. The number of fused-ring (bicyclic) bond motifs is 3. The van der Waals surface area contributed by atoms with Crippen molar-refractivity contribution in [1.82, 2.24) is 4.57 Å². The Balaban J connectivity index is 1.63. The monoisotopic (exact) mass is 455 g/mol. The van der Waals surface area contributed by atoms with E-state index < -0.39 is 5.97 Å². The van der Waals surface area contributed by atoms with Crippen LogP contribution in [0.25, 0.3) is 32.8 Å². The van der Waals surface area contributed by atoms with E-state index in [9.17, 15) is 9.90 Å². The molecule has 162 valence electrons. The molecular formula is C27H18ClNO4. The lowest BCUT2D eigenvalue weighted by Crippen LogP contribution is -2.11. The molecule has 5 nitrogen and oxygen atoms in total. The number of nitrogens with zero attached hydrogens (tertiary/aromatic N) is 1. The SMILES string of the molecule is O=C(O)c1c(-c2cccc3ccccc23)c2ccccc2n1Cc1cc2c(cc1Cl)OCO2. The third kappa shape index (κ3) is 3.12. The number of carboxylic acids is 1. The van der Waals surface area contributed by atoms with Gasteiger partial charge in [0.1, 0.15) is 5.69 Å². The summed E-state index contributed by atoms with van der Waals surface area (Å²) in [7, 11) is 0. The predicted molar refractivity (Wildman–Crippen MR) is 129 cm³/mol. The van der Waals surface area contributed by atoms with Crippen molar-refractivity contribution in [1.29, 1.82) is 0 Å². The zero-order chi connectivity index (χ0) is 22.5. The van der Waals surface area contributed by atoms with Crippen LogP contribution in [-0.4, -0.2) is 22.4 Å². The van der Waals surface area contributed by atoms with Gasteiger partial charge in [0.25, 0.3) is 0 Å². The molecule has 0 amide bonds. The molecule has 5 aromatic rings. The molecule has 1 aliphatic rings. The molecule has 2 heterocycles. The number of ether oxygens (including phenoxy) is 2. The summed E-state index contributed by atoms with van der Waals surface area (Å²) in [6, 6.07) is 25.3. The molecule has 6 heteroatoms. The Labute approximate surface area is 194 Å². The maximum absolute atomic E-state index is 12.7. The van der Waals surface area contributed by atoms with Crippen molar-refractivity contribution in [2.45, 2.75) is 6.54 Å². The molecule has 1 aromatic heterocycles. The van der Waals surface area contributed by atoms with E-state index in [-0.39, 0.29) is 19.0 Å². The van der Waals surface area contributed by atoms with Gasteiger partial charge in [-0.05, 0) is 34.0 Å². The standard InChI is InChI=1S/C27H18ClNO4/c28-21-13-24-23(32-15-33-24)12-17(21)14-29-22-11-4-3-9-20(22)25(26(29)27(30)31)19-10-5-7-16-6-1-2-8-18(16)19/h1-13H,14-15H2,(H,30,31). The van der Waals surface area contributed by atoms with Crippen molar-refractivity contribution in [3.63, 3.8) is 0 Å². The van der Waals surface area contributed by atoms with Crippen LogP contribution in [0.5, 0.6) is 11.5 Å². The van der Waals surface area contributed by atoms with Gasteiger partial charge in [0, 0.05) is 27.6 Å². The predicted octanol–water partition coefficient (Wildman–Crippen LogP) is 6.59. The lowest BCUT2D eigenvalue weighted by atomic mass is 9.96. The van der Waals surface area contributed by atoms with E-state index in [2.05, 4.69) is 0 Å². The molecule has 1 N–H and O–H groups in total. The molecular weight excluding hydrogens is 438 g/mol. The Morgan fingerprint density at radius 3 is 2.42 bits per heavy atom. The molecule has 0 atom stereocenters. The highest BCUT2D eigenvalue weighted by Gasteiger charge is 2.26. The molecule has 33 heavy (non-hydrogen) atoms. The normalized spacial score (nSPS) is 12.5. The second-order valence-electron chi connectivity index (χ2n) is 7.96. The van der Waals surface area contributed by atoms with Crippen molar-refractivity contribution in [2.24, 2.45) is 0 Å². The van der Waals surface area contributed by atoms with Gasteiger partial charge >= 0.3 is 5.97 Å². The zero-order valence-corrected chi connectivity index (χ0v) is 18.2. The van der Waals surface area contributed by atoms with E-state index in [4.69, 9.17) is 21.1 Å². The van der Waals surface area contributed by atoms with E-state index >= 15 is 0 Å². The summed E-state index contributed by atoms with van der Waals surface area (Å²) in [5.41, 5.74) is 3.39. The first kappa shape index (κ1) is 19.7. The van der Waals surface area contributed by atoms with Crippen molar-refractivity contribution >= 4 is 39.2 Å². The molecule has 0 bridgehead atoms. The quantitative estimate of drug-likeness (QED) is 0.332. The van der Waals surface area contributed by atoms with Crippen LogP contribution >= 0.6 is 11.6 Å². The molecule has 4 aromatic carbocycles. The molecule has 0 aliphatic carbocycles. The van der Waals surface area contributed by atoms with E-state index in [0.29, 0.717) is 22.1 Å². The lowest BCUT2D eigenvalue weighted by molar-refractivity contribution is 0.0687. The number of halogens is 1. The summed E-state index contributed by atoms with van der Waals surface area (Å²) >= 11 is 6.55. The second kappa shape index (κ2) is 7.57. The van der Waals surface area contributed by atoms with E-state index in [1.165, 1.54) is 0 Å². The van der Waals surface area contributed by atoms with Crippen LogP contribution in [0.3, 0.4) is 0 Å². The molecule has 1 aliphatic heterocycles. The van der Waals surface area contributed by atoms with Crippen LogP contribution in [0, 0.1) is 0 Å². The van der Waals surface area contributed by atoms with E-state index in [1.807, 2.05) is 77.4 Å². The van der Waals surface area contributed by atoms with Gasteiger partial charge in [0.15, 0.2) is 11.5 Å². The highest BCUT2D eigenvalue weighted by molar-refractivity contribution is 6.31. The molecule has 0 saturated heterocycles. The van der Waals surface area contributed by atoms with E-state index in [1.54, 1.807) is 6.07 Å². The number of carboxylic acid groups (broad SMARTS) is 1. The third-order valence-electron chi connectivity index (χ3n) is 6.10. The molecule has 0 spiro atoms. The Morgan fingerprint density at radius 2 is 1.61 bits per heavy atom. The molecule has 6 rings (SSSR count). The minimum Gasteiger partial charge on any atom is -0.477 e. The number of hydrogen-bond acceptors (Lipinski definition) is 3. The van der Waals surface area contributed by atoms with Crippen LogP contribution in [0.2, 0.25) is 5.02 Å². The summed E-state index contributed by atoms with van der Waals surface area (Å²) in [5, 5.41) is 13.8. The molecule has 0 fully saturated rings. The third-order valence-corrected chi connectivity index (χ3v) is 6.45. The Kier molecular flexibility index (Phi) is 4.52. The average Bonchev–Trinajstić information content (AvgIpc) is 3.41. The summed E-state index contributed by atoms with van der Waals surface area (Å²) in [6.45, 7) is 0.426. The van der Waals surface area contributed by atoms with Crippen molar-refractivity contribution in [3.8, 4) is 22.6 Å². The van der Waals surface area contributed by atoms with Crippen LogP contribution < -0.4 is 9.47 Å². The van der Waals surface area contributed by atoms with Crippen molar-refractivity contribution in [2.75, 3.05) is 6.79 Å². The Hall–Kier alpha value is -3.96. The topological polar surface area (TPSA) is 60.7 Å².